The van der Waals surface area contributed by atoms with Crippen molar-refractivity contribution in [3.8, 4) is 5.69 Å². The first-order valence-corrected chi connectivity index (χ1v) is 6.19. The van der Waals surface area contributed by atoms with Crippen LogP contribution >= 0.6 is 11.6 Å². The quantitative estimate of drug-likeness (QED) is 0.788. The van der Waals surface area contributed by atoms with Crippen molar-refractivity contribution >= 4 is 23.1 Å². The molecule has 1 aromatic carbocycles. The Hall–Kier alpha value is -2.53. The summed E-state index contributed by atoms with van der Waals surface area (Å²) in [7, 11) is 0. The number of aromatic nitrogens is 2. The molecule has 0 saturated carbocycles. The average Bonchev–Trinajstić information content (AvgIpc) is 2.81. The van der Waals surface area contributed by atoms with E-state index >= 15 is 0 Å². The van der Waals surface area contributed by atoms with E-state index in [2.05, 4.69) is 0 Å². The van der Waals surface area contributed by atoms with Gasteiger partial charge in [-0.15, -0.1) is 0 Å². The fraction of sp³-hybridized carbons (Fsp3) is 0. The Kier molecular flexibility index (Phi) is 2.84. The van der Waals surface area contributed by atoms with Gasteiger partial charge in [0.2, 0.25) is 0 Å². The van der Waals surface area contributed by atoms with E-state index in [-0.39, 0.29) is 10.8 Å². The molecule has 100 valence electrons. The predicted molar refractivity (Wildman–Crippen MR) is 75.0 cm³/mol. The van der Waals surface area contributed by atoms with Crippen molar-refractivity contribution in [1.82, 2.24) is 8.97 Å². The Morgan fingerprint density at radius 3 is 2.45 bits per heavy atom. The molecule has 0 fully saturated rings. The number of benzene rings is 1. The lowest BCUT2D eigenvalue weighted by molar-refractivity contribution is 0.0686. The van der Waals surface area contributed by atoms with Crippen LogP contribution in [0.1, 0.15) is 10.5 Å². The molecule has 20 heavy (non-hydrogen) atoms. The second-order valence-corrected chi connectivity index (χ2v) is 4.59. The summed E-state index contributed by atoms with van der Waals surface area (Å²) in [4.78, 5) is 23.9. The highest BCUT2D eigenvalue weighted by Gasteiger charge is 2.17. The molecular weight excluding hydrogens is 280 g/mol. The Bertz CT molecular complexity index is 865. The van der Waals surface area contributed by atoms with E-state index in [1.54, 1.807) is 42.5 Å². The minimum atomic E-state index is -1.18. The van der Waals surface area contributed by atoms with E-state index < -0.39 is 11.7 Å². The second-order valence-electron chi connectivity index (χ2n) is 4.20. The van der Waals surface area contributed by atoms with Crippen molar-refractivity contribution in [3.05, 3.63) is 69.9 Å². The molecule has 2 heterocycles. The molecule has 0 aliphatic carbocycles. The lowest BCUT2D eigenvalue weighted by atomic mass is 10.3. The van der Waals surface area contributed by atoms with Crippen molar-refractivity contribution in [1.29, 1.82) is 0 Å². The Balaban J connectivity index is 2.48. The van der Waals surface area contributed by atoms with Gasteiger partial charge in [-0.1, -0.05) is 29.8 Å². The van der Waals surface area contributed by atoms with Crippen LogP contribution in [-0.4, -0.2) is 20.0 Å². The van der Waals surface area contributed by atoms with E-state index in [4.69, 9.17) is 11.6 Å². The van der Waals surface area contributed by atoms with Crippen molar-refractivity contribution < 1.29 is 9.90 Å². The summed E-state index contributed by atoms with van der Waals surface area (Å²) < 4.78 is 2.39. The molecule has 0 unspecified atom stereocenters. The number of hydrogen-bond acceptors (Lipinski definition) is 2. The van der Waals surface area contributed by atoms with Gasteiger partial charge < -0.3 is 5.11 Å². The zero-order valence-electron chi connectivity index (χ0n) is 10.2. The molecule has 0 bridgehead atoms. The molecule has 0 amide bonds. The van der Waals surface area contributed by atoms with Crippen molar-refractivity contribution in [3.63, 3.8) is 0 Å². The van der Waals surface area contributed by atoms with Crippen molar-refractivity contribution in [2.24, 2.45) is 0 Å². The Morgan fingerprint density at radius 1 is 1.10 bits per heavy atom. The fourth-order valence-corrected chi connectivity index (χ4v) is 2.37. The molecular formula is C14H9ClN2O3. The summed E-state index contributed by atoms with van der Waals surface area (Å²) in [6.07, 6.45) is 0. The summed E-state index contributed by atoms with van der Waals surface area (Å²) in [6, 6.07) is 13.2. The number of hydrogen-bond donors (Lipinski definition) is 1. The first-order valence-electron chi connectivity index (χ1n) is 5.81. The van der Waals surface area contributed by atoms with Crippen LogP contribution < -0.4 is 5.69 Å². The number of aromatic carboxylic acids is 1. The lowest BCUT2D eigenvalue weighted by Crippen LogP contribution is -2.29. The van der Waals surface area contributed by atoms with Gasteiger partial charge in [0.15, 0.2) is 0 Å². The Labute approximate surface area is 118 Å². The van der Waals surface area contributed by atoms with Crippen LogP contribution in [-0.2, 0) is 0 Å². The standard InChI is InChI=1S/C14H9ClN2O3/c15-12-7-6-10-8-11(13(18)19)16(14(20)17(10)12)9-4-2-1-3-5-9/h1-8H,(H,18,19). The maximum atomic E-state index is 12.5. The molecule has 5 nitrogen and oxygen atoms in total. The predicted octanol–water partition coefficient (Wildman–Crippen LogP) is 2.44. The highest BCUT2D eigenvalue weighted by molar-refractivity contribution is 6.30. The molecule has 1 N–H and O–H groups in total. The first kappa shape index (κ1) is 12.5. The molecule has 0 saturated heterocycles. The van der Waals surface area contributed by atoms with E-state index in [1.807, 2.05) is 0 Å². The number of carboxylic acids is 1. The zero-order chi connectivity index (χ0) is 14.3. The van der Waals surface area contributed by atoms with Crippen molar-refractivity contribution in [2.45, 2.75) is 0 Å². The molecule has 0 aliphatic rings. The number of halogens is 1. The number of para-hydroxylation sites is 1. The maximum Gasteiger partial charge on any atom is 0.353 e. The van der Waals surface area contributed by atoms with Gasteiger partial charge in [0.25, 0.3) is 0 Å². The minimum Gasteiger partial charge on any atom is -0.477 e. The minimum absolute atomic E-state index is 0.108. The zero-order valence-corrected chi connectivity index (χ0v) is 10.9. The highest BCUT2D eigenvalue weighted by atomic mass is 35.5. The van der Waals surface area contributed by atoms with E-state index in [0.717, 1.165) is 4.57 Å². The van der Waals surface area contributed by atoms with E-state index in [0.29, 0.717) is 11.2 Å². The maximum absolute atomic E-state index is 12.5. The van der Waals surface area contributed by atoms with Crippen LogP contribution in [0.25, 0.3) is 11.2 Å². The largest absolute Gasteiger partial charge is 0.477 e. The third-order valence-electron chi connectivity index (χ3n) is 3.01. The second kappa shape index (κ2) is 4.54. The molecule has 2 aromatic heterocycles. The Morgan fingerprint density at radius 2 is 1.80 bits per heavy atom. The molecule has 3 aromatic rings. The van der Waals surface area contributed by atoms with Crippen LogP contribution in [0, 0.1) is 0 Å². The summed E-state index contributed by atoms with van der Waals surface area (Å²) in [6.45, 7) is 0. The summed E-state index contributed by atoms with van der Waals surface area (Å²) in [5.41, 5.74) is 0.302. The van der Waals surface area contributed by atoms with Crippen LogP contribution in [0.15, 0.2) is 53.3 Å². The van der Waals surface area contributed by atoms with E-state index in [9.17, 15) is 14.7 Å². The number of nitrogens with zero attached hydrogens (tertiary/aromatic N) is 2. The molecule has 0 radical (unpaired) electrons. The van der Waals surface area contributed by atoms with Crippen LogP contribution in [0.4, 0.5) is 0 Å². The number of rotatable bonds is 2. The highest BCUT2D eigenvalue weighted by Crippen LogP contribution is 2.16. The van der Waals surface area contributed by atoms with Gasteiger partial charge in [0, 0.05) is 0 Å². The van der Waals surface area contributed by atoms with Gasteiger partial charge in [-0.3, -0.25) is 8.97 Å². The molecule has 0 aliphatic heterocycles. The summed E-state index contributed by atoms with van der Waals surface area (Å²) >= 11 is 5.97. The van der Waals surface area contributed by atoms with Gasteiger partial charge in [-0.05, 0) is 30.3 Å². The van der Waals surface area contributed by atoms with Gasteiger partial charge >= 0.3 is 11.7 Å². The van der Waals surface area contributed by atoms with Crippen LogP contribution in [0.3, 0.4) is 0 Å². The summed E-state index contributed by atoms with van der Waals surface area (Å²) in [5, 5.41) is 9.56. The third-order valence-corrected chi connectivity index (χ3v) is 3.30. The molecule has 3 rings (SSSR count). The normalized spacial score (nSPS) is 10.8. The number of carboxylic acid groups (broad SMARTS) is 1. The number of fused-ring (bicyclic) bond motifs is 1. The smallest absolute Gasteiger partial charge is 0.353 e. The lowest BCUT2D eigenvalue weighted by Gasteiger charge is -2.11. The van der Waals surface area contributed by atoms with Gasteiger partial charge in [-0.2, -0.15) is 0 Å². The SMILES string of the molecule is O=C(O)c1cc2ccc(Cl)n2c(=O)n1-c1ccccc1. The van der Waals surface area contributed by atoms with E-state index in [1.165, 1.54) is 10.5 Å². The van der Waals surface area contributed by atoms with Gasteiger partial charge in [-0.25, -0.2) is 9.59 Å². The van der Waals surface area contributed by atoms with Crippen LogP contribution in [0.2, 0.25) is 5.15 Å². The van der Waals surface area contributed by atoms with Gasteiger partial charge in [0.05, 0.1) is 11.2 Å². The monoisotopic (exact) mass is 288 g/mol. The third kappa shape index (κ3) is 1.80. The van der Waals surface area contributed by atoms with Crippen LogP contribution in [0.5, 0.6) is 0 Å². The average molecular weight is 289 g/mol. The molecule has 6 heteroatoms. The fourth-order valence-electron chi connectivity index (χ4n) is 2.13. The molecule has 0 spiro atoms. The summed E-state index contributed by atoms with van der Waals surface area (Å²) in [5.74, 6) is -1.18. The first-order chi connectivity index (χ1) is 9.59. The molecule has 0 atom stereocenters. The van der Waals surface area contributed by atoms with Gasteiger partial charge in [0.1, 0.15) is 10.8 Å². The number of carbonyl (C=O) groups is 1. The van der Waals surface area contributed by atoms with Crippen molar-refractivity contribution in [2.75, 3.05) is 0 Å². The topological polar surface area (TPSA) is 63.7 Å².